The number of rotatable bonds is 3. The van der Waals surface area contributed by atoms with Gasteiger partial charge in [-0.3, -0.25) is 9.59 Å². The smallest absolute Gasteiger partial charge is 0.249 e. The maximum atomic E-state index is 13.2. The first-order chi connectivity index (χ1) is 9.58. The molecule has 2 saturated carbocycles. The summed E-state index contributed by atoms with van der Waals surface area (Å²) in [6.45, 7) is 4.17. The summed E-state index contributed by atoms with van der Waals surface area (Å²) in [7, 11) is 0. The number of hydrogen-bond donors (Lipinski definition) is 1. The van der Waals surface area contributed by atoms with Crippen molar-refractivity contribution >= 4 is 11.8 Å². The van der Waals surface area contributed by atoms with E-state index in [-0.39, 0.29) is 23.4 Å². The Morgan fingerprint density at radius 3 is 2.20 bits per heavy atom. The highest BCUT2D eigenvalue weighted by Gasteiger charge is 2.57. The van der Waals surface area contributed by atoms with Gasteiger partial charge >= 0.3 is 0 Å². The molecule has 1 unspecified atom stereocenters. The van der Waals surface area contributed by atoms with Crippen molar-refractivity contribution in [2.45, 2.75) is 88.8 Å². The molecule has 4 heteroatoms. The maximum Gasteiger partial charge on any atom is 0.249 e. The lowest BCUT2D eigenvalue weighted by atomic mass is 9.70. The lowest BCUT2D eigenvalue weighted by molar-refractivity contribution is -0.168. The topological polar surface area (TPSA) is 49.4 Å². The van der Waals surface area contributed by atoms with Gasteiger partial charge in [-0.2, -0.15) is 0 Å². The van der Waals surface area contributed by atoms with Gasteiger partial charge in [-0.15, -0.1) is 0 Å². The van der Waals surface area contributed by atoms with Crippen molar-refractivity contribution in [3.63, 3.8) is 0 Å². The predicted molar refractivity (Wildman–Crippen MR) is 77.1 cm³/mol. The van der Waals surface area contributed by atoms with Gasteiger partial charge in [0.15, 0.2) is 0 Å². The van der Waals surface area contributed by atoms with Gasteiger partial charge in [0.2, 0.25) is 11.8 Å². The molecule has 2 amide bonds. The number of carbonyl (C=O) groups is 2. The molecule has 20 heavy (non-hydrogen) atoms. The summed E-state index contributed by atoms with van der Waals surface area (Å²) in [6.07, 6.45) is 8.75. The molecule has 1 saturated heterocycles. The van der Waals surface area contributed by atoms with Crippen molar-refractivity contribution in [3.05, 3.63) is 0 Å². The summed E-state index contributed by atoms with van der Waals surface area (Å²) in [4.78, 5) is 27.7. The second-order valence-corrected chi connectivity index (χ2v) is 6.81. The Hall–Kier alpha value is -1.06. The van der Waals surface area contributed by atoms with Crippen LogP contribution in [0.3, 0.4) is 0 Å². The Labute approximate surface area is 121 Å². The Bertz CT molecular complexity index is 417. The molecule has 1 spiro atoms. The first-order valence-corrected chi connectivity index (χ1v) is 8.24. The van der Waals surface area contributed by atoms with Crippen LogP contribution in [0.5, 0.6) is 0 Å². The number of amides is 2. The van der Waals surface area contributed by atoms with Crippen LogP contribution in [0.15, 0.2) is 0 Å². The van der Waals surface area contributed by atoms with Crippen LogP contribution in [0.25, 0.3) is 0 Å². The molecule has 0 aromatic carbocycles. The molecule has 4 nitrogen and oxygen atoms in total. The fourth-order valence-corrected chi connectivity index (χ4v) is 4.44. The third-order valence-electron chi connectivity index (χ3n) is 5.90. The van der Waals surface area contributed by atoms with E-state index in [9.17, 15) is 9.59 Å². The minimum absolute atomic E-state index is 0.0366. The highest BCUT2D eigenvalue weighted by molar-refractivity contribution is 6.00. The maximum absolute atomic E-state index is 13.2. The van der Waals surface area contributed by atoms with E-state index >= 15 is 0 Å². The molecule has 0 aromatic heterocycles. The molecule has 0 aromatic rings. The molecule has 1 atom stereocenters. The van der Waals surface area contributed by atoms with Crippen LogP contribution in [0.2, 0.25) is 0 Å². The summed E-state index contributed by atoms with van der Waals surface area (Å²) in [5, 5.41) is 3.09. The van der Waals surface area contributed by atoms with Crippen LogP contribution in [-0.2, 0) is 9.59 Å². The third-order valence-corrected chi connectivity index (χ3v) is 5.90. The second kappa shape index (κ2) is 4.74. The van der Waals surface area contributed by atoms with E-state index in [1.54, 1.807) is 0 Å². The van der Waals surface area contributed by atoms with E-state index < -0.39 is 5.54 Å². The molecule has 3 fully saturated rings. The van der Waals surface area contributed by atoms with Crippen LogP contribution in [0, 0.1) is 0 Å². The lowest BCUT2D eigenvalue weighted by Crippen LogP contribution is -2.75. The molecule has 1 heterocycles. The second-order valence-electron chi connectivity index (χ2n) is 6.81. The van der Waals surface area contributed by atoms with Crippen molar-refractivity contribution in [3.8, 4) is 0 Å². The zero-order valence-electron chi connectivity index (χ0n) is 12.7. The summed E-state index contributed by atoms with van der Waals surface area (Å²) in [5.41, 5.74) is -0.606. The minimum atomic E-state index is -0.569. The monoisotopic (exact) mass is 278 g/mol. The highest BCUT2D eigenvalue weighted by atomic mass is 16.2. The van der Waals surface area contributed by atoms with E-state index in [0.717, 1.165) is 51.4 Å². The number of piperazine rings is 1. The van der Waals surface area contributed by atoms with Crippen molar-refractivity contribution in [1.82, 2.24) is 10.2 Å². The van der Waals surface area contributed by atoms with E-state index in [4.69, 9.17) is 0 Å². The normalized spacial score (nSPS) is 31.3. The van der Waals surface area contributed by atoms with Crippen LogP contribution < -0.4 is 5.32 Å². The van der Waals surface area contributed by atoms with E-state index in [2.05, 4.69) is 12.2 Å². The highest BCUT2D eigenvalue weighted by Crippen LogP contribution is 2.46. The van der Waals surface area contributed by atoms with Crippen molar-refractivity contribution in [1.29, 1.82) is 0 Å². The SMILES string of the molecule is CCC1C(=O)NC2(CCCC2)C(=O)N1C1(CC)CCC1. The molecule has 2 aliphatic carbocycles. The number of nitrogens with one attached hydrogen (secondary N) is 1. The molecular weight excluding hydrogens is 252 g/mol. The molecule has 3 rings (SSSR count). The molecule has 0 radical (unpaired) electrons. The van der Waals surface area contributed by atoms with Crippen LogP contribution in [0.1, 0.15) is 71.6 Å². The van der Waals surface area contributed by atoms with Crippen molar-refractivity contribution < 1.29 is 9.59 Å². The predicted octanol–water partition coefficient (Wildman–Crippen LogP) is 2.37. The fourth-order valence-electron chi connectivity index (χ4n) is 4.44. The summed E-state index contributed by atoms with van der Waals surface area (Å²) >= 11 is 0. The van der Waals surface area contributed by atoms with Gasteiger partial charge in [-0.05, 0) is 44.9 Å². The van der Waals surface area contributed by atoms with Gasteiger partial charge in [0.05, 0.1) is 0 Å². The molecule has 0 bridgehead atoms. The lowest BCUT2D eigenvalue weighted by Gasteiger charge is -2.57. The Balaban J connectivity index is 1.98. The number of nitrogens with zero attached hydrogens (tertiary/aromatic N) is 1. The summed E-state index contributed by atoms with van der Waals surface area (Å²) < 4.78 is 0. The van der Waals surface area contributed by atoms with Gasteiger partial charge in [0, 0.05) is 5.54 Å². The van der Waals surface area contributed by atoms with Crippen LogP contribution in [0.4, 0.5) is 0 Å². The summed E-state index contributed by atoms with van der Waals surface area (Å²) in [5.74, 6) is 0.289. The Kier molecular flexibility index (Phi) is 3.30. The van der Waals surface area contributed by atoms with Crippen LogP contribution >= 0.6 is 0 Å². The fraction of sp³-hybridized carbons (Fsp3) is 0.875. The molecule has 1 N–H and O–H groups in total. The number of carbonyl (C=O) groups excluding carboxylic acids is 2. The molecule has 3 aliphatic rings. The minimum Gasteiger partial charge on any atom is -0.340 e. The molecular formula is C16H26N2O2. The van der Waals surface area contributed by atoms with E-state index in [1.165, 1.54) is 6.42 Å². The first-order valence-electron chi connectivity index (χ1n) is 8.24. The Morgan fingerprint density at radius 1 is 1.10 bits per heavy atom. The molecule has 1 aliphatic heterocycles. The third kappa shape index (κ3) is 1.73. The largest absolute Gasteiger partial charge is 0.340 e. The van der Waals surface area contributed by atoms with Gasteiger partial charge < -0.3 is 10.2 Å². The standard InChI is InChI=1S/C16H26N2O2/c1-3-12-13(19)17-16(10-5-6-11-16)14(20)18(12)15(4-2)8-7-9-15/h12H,3-11H2,1-2H3,(H,17,19). The quantitative estimate of drug-likeness (QED) is 0.861. The Morgan fingerprint density at radius 2 is 1.75 bits per heavy atom. The van der Waals surface area contributed by atoms with Crippen molar-refractivity contribution in [2.24, 2.45) is 0 Å². The van der Waals surface area contributed by atoms with Crippen LogP contribution in [-0.4, -0.2) is 33.8 Å². The van der Waals surface area contributed by atoms with Gasteiger partial charge in [0.25, 0.3) is 0 Å². The first kappa shape index (κ1) is 13.9. The summed E-state index contributed by atoms with van der Waals surface area (Å²) in [6, 6.07) is -0.256. The zero-order valence-corrected chi connectivity index (χ0v) is 12.7. The molecule has 112 valence electrons. The van der Waals surface area contributed by atoms with Gasteiger partial charge in [0.1, 0.15) is 11.6 Å². The average molecular weight is 278 g/mol. The van der Waals surface area contributed by atoms with E-state index in [1.807, 2.05) is 11.8 Å². The van der Waals surface area contributed by atoms with Gasteiger partial charge in [-0.1, -0.05) is 26.7 Å². The average Bonchev–Trinajstić information content (AvgIpc) is 2.84. The van der Waals surface area contributed by atoms with E-state index in [0.29, 0.717) is 0 Å². The van der Waals surface area contributed by atoms with Crippen molar-refractivity contribution in [2.75, 3.05) is 0 Å². The van der Waals surface area contributed by atoms with Gasteiger partial charge in [-0.25, -0.2) is 0 Å². The zero-order chi connectivity index (χ0) is 14.4. The number of hydrogen-bond acceptors (Lipinski definition) is 2.